The molecule has 0 atom stereocenters. The van der Waals surface area contributed by atoms with Crippen molar-refractivity contribution >= 4 is 43.3 Å². The molecular weight excluding hydrogens is 392 g/mol. The molecule has 2 aliphatic heterocycles. The second-order valence-electron chi connectivity index (χ2n) is 6.47. The van der Waals surface area contributed by atoms with Crippen LogP contribution in [0.4, 0.5) is 0 Å². The van der Waals surface area contributed by atoms with E-state index in [1.165, 1.54) is 4.70 Å². The van der Waals surface area contributed by atoms with E-state index in [9.17, 15) is 8.42 Å². The number of sulfonamides is 1. The van der Waals surface area contributed by atoms with Crippen LogP contribution in [-0.4, -0.2) is 61.3 Å². The van der Waals surface area contributed by atoms with Gasteiger partial charge in [0.05, 0.1) is 29.2 Å². The van der Waals surface area contributed by atoms with Gasteiger partial charge in [0.1, 0.15) is 0 Å². The molecule has 9 heteroatoms. The predicted molar refractivity (Wildman–Crippen MR) is 104 cm³/mol. The minimum Gasteiger partial charge on any atom is -0.347 e. The van der Waals surface area contributed by atoms with Gasteiger partial charge in [-0.05, 0) is 18.6 Å². The molecule has 4 rings (SSSR count). The first-order chi connectivity index (χ1) is 12.6. The third-order valence-electron chi connectivity index (χ3n) is 4.74. The van der Waals surface area contributed by atoms with Gasteiger partial charge >= 0.3 is 0 Å². The number of nitrogens with zero attached hydrogens (tertiary/aromatic N) is 2. The van der Waals surface area contributed by atoms with Gasteiger partial charge in [-0.15, -0.1) is 11.3 Å². The summed E-state index contributed by atoms with van der Waals surface area (Å²) in [6.07, 6.45) is 1.86. The van der Waals surface area contributed by atoms with Crippen molar-refractivity contribution in [2.75, 3.05) is 37.8 Å². The van der Waals surface area contributed by atoms with Crippen LogP contribution >= 0.6 is 23.1 Å². The molecule has 3 heterocycles. The fourth-order valence-corrected chi connectivity index (χ4v) is 7.10. The van der Waals surface area contributed by atoms with Crippen LogP contribution in [0.3, 0.4) is 0 Å². The summed E-state index contributed by atoms with van der Waals surface area (Å²) in [7, 11) is -3.22. The number of benzene rings is 1. The van der Waals surface area contributed by atoms with Crippen molar-refractivity contribution in [1.82, 2.24) is 9.29 Å². The number of hydrogen-bond donors (Lipinski definition) is 0. The van der Waals surface area contributed by atoms with E-state index in [-0.39, 0.29) is 5.75 Å². The van der Waals surface area contributed by atoms with Gasteiger partial charge < -0.3 is 9.47 Å². The van der Waals surface area contributed by atoms with E-state index < -0.39 is 15.8 Å². The second kappa shape index (κ2) is 7.73. The van der Waals surface area contributed by atoms with Gasteiger partial charge in [0.15, 0.2) is 10.1 Å². The highest BCUT2D eigenvalue weighted by Gasteiger charge is 2.42. The molecule has 1 aromatic carbocycles. The summed E-state index contributed by atoms with van der Waals surface area (Å²) in [5.74, 6) is 0.400. The summed E-state index contributed by atoms with van der Waals surface area (Å²) in [4.78, 5) is 4.57. The maximum Gasteiger partial charge on any atom is 0.214 e. The summed E-state index contributed by atoms with van der Waals surface area (Å²) < 4.78 is 40.2. The zero-order valence-corrected chi connectivity index (χ0v) is 16.9. The number of hydrogen-bond acceptors (Lipinski definition) is 7. The highest BCUT2D eigenvalue weighted by atomic mass is 32.2. The lowest BCUT2D eigenvalue weighted by atomic mass is 10.1. The fourth-order valence-electron chi connectivity index (χ4n) is 3.33. The highest BCUT2D eigenvalue weighted by Crippen LogP contribution is 2.33. The zero-order valence-electron chi connectivity index (χ0n) is 14.4. The van der Waals surface area contributed by atoms with Gasteiger partial charge in [-0.1, -0.05) is 23.9 Å². The standard InChI is InChI=1S/C17H22N2O4S3/c20-26(21,19-8-6-17(7-9-19)22-10-11-23-17)13-3-12-24-16-18-14-4-1-2-5-15(14)25-16/h1-2,4-5H,3,6-13H2. The van der Waals surface area contributed by atoms with Crippen LogP contribution in [0.25, 0.3) is 10.2 Å². The molecule has 0 saturated carbocycles. The van der Waals surface area contributed by atoms with E-state index in [2.05, 4.69) is 11.1 Å². The molecule has 0 radical (unpaired) electrons. The van der Waals surface area contributed by atoms with Crippen LogP contribution in [0.1, 0.15) is 19.3 Å². The third kappa shape index (κ3) is 4.07. The van der Waals surface area contributed by atoms with E-state index in [4.69, 9.17) is 9.47 Å². The molecule has 2 aliphatic rings. The normalized spacial score (nSPS) is 20.9. The number of piperidine rings is 1. The maximum atomic E-state index is 12.6. The summed E-state index contributed by atoms with van der Waals surface area (Å²) >= 11 is 3.29. The predicted octanol–water partition coefficient (Wildman–Crippen LogP) is 2.95. The molecule has 26 heavy (non-hydrogen) atoms. The van der Waals surface area contributed by atoms with Gasteiger partial charge in [0, 0.05) is 31.7 Å². The van der Waals surface area contributed by atoms with Crippen molar-refractivity contribution < 1.29 is 17.9 Å². The first-order valence-electron chi connectivity index (χ1n) is 8.81. The second-order valence-corrected chi connectivity index (χ2v) is 10.9. The number of fused-ring (bicyclic) bond motifs is 1. The molecule has 0 N–H and O–H groups in total. The van der Waals surface area contributed by atoms with E-state index in [0.717, 1.165) is 15.6 Å². The van der Waals surface area contributed by atoms with E-state index in [1.54, 1.807) is 27.4 Å². The number of rotatable bonds is 6. The number of para-hydroxylation sites is 1. The lowest BCUT2D eigenvalue weighted by Gasteiger charge is -2.36. The van der Waals surface area contributed by atoms with E-state index in [1.807, 2.05) is 18.2 Å². The molecule has 0 bridgehead atoms. The van der Waals surface area contributed by atoms with Gasteiger partial charge in [0.25, 0.3) is 0 Å². The Morgan fingerprint density at radius 1 is 1.19 bits per heavy atom. The molecular formula is C17H22N2O4S3. The molecule has 2 fully saturated rings. The summed E-state index contributed by atoms with van der Waals surface area (Å²) in [5.41, 5.74) is 1.01. The fraction of sp³-hybridized carbons (Fsp3) is 0.588. The number of aromatic nitrogens is 1. The smallest absolute Gasteiger partial charge is 0.214 e. The molecule has 0 amide bonds. The van der Waals surface area contributed by atoms with Crippen molar-refractivity contribution in [3.8, 4) is 0 Å². The van der Waals surface area contributed by atoms with Crippen LogP contribution in [-0.2, 0) is 19.5 Å². The molecule has 2 saturated heterocycles. The molecule has 142 valence electrons. The average molecular weight is 415 g/mol. The highest BCUT2D eigenvalue weighted by molar-refractivity contribution is 8.01. The maximum absolute atomic E-state index is 12.6. The molecule has 0 unspecified atom stereocenters. The summed E-state index contributed by atoms with van der Waals surface area (Å²) in [6.45, 7) is 2.17. The Bertz CT molecular complexity index is 819. The Morgan fingerprint density at radius 2 is 1.92 bits per heavy atom. The average Bonchev–Trinajstić information content (AvgIpc) is 3.26. The largest absolute Gasteiger partial charge is 0.347 e. The molecule has 6 nitrogen and oxygen atoms in total. The Morgan fingerprint density at radius 3 is 2.65 bits per heavy atom. The Balaban J connectivity index is 1.24. The first kappa shape index (κ1) is 18.6. The molecule has 1 aromatic heterocycles. The van der Waals surface area contributed by atoms with Crippen LogP contribution in [0.15, 0.2) is 28.6 Å². The Hall–Kier alpha value is -0.710. The van der Waals surface area contributed by atoms with E-state index in [0.29, 0.717) is 45.6 Å². The van der Waals surface area contributed by atoms with Gasteiger partial charge in [-0.25, -0.2) is 17.7 Å². The number of thioether (sulfide) groups is 1. The van der Waals surface area contributed by atoms with Crippen LogP contribution in [0.5, 0.6) is 0 Å². The van der Waals surface area contributed by atoms with Crippen molar-refractivity contribution in [1.29, 1.82) is 0 Å². The quantitative estimate of drug-likeness (QED) is 0.535. The topological polar surface area (TPSA) is 68.7 Å². The van der Waals surface area contributed by atoms with Gasteiger partial charge in [0.2, 0.25) is 10.0 Å². The van der Waals surface area contributed by atoms with E-state index >= 15 is 0 Å². The van der Waals surface area contributed by atoms with Crippen molar-refractivity contribution in [2.24, 2.45) is 0 Å². The van der Waals surface area contributed by atoms with Crippen LogP contribution in [0, 0.1) is 0 Å². The number of thiazole rings is 1. The minimum atomic E-state index is -3.22. The lowest BCUT2D eigenvalue weighted by Crippen LogP contribution is -2.47. The Kier molecular flexibility index (Phi) is 5.54. The summed E-state index contributed by atoms with van der Waals surface area (Å²) in [5, 5.41) is 0. The van der Waals surface area contributed by atoms with Gasteiger partial charge in [-0.2, -0.15) is 0 Å². The molecule has 1 spiro atoms. The monoisotopic (exact) mass is 414 g/mol. The summed E-state index contributed by atoms with van der Waals surface area (Å²) in [6, 6.07) is 8.04. The SMILES string of the molecule is O=S(=O)(CCCSc1nc2ccccc2s1)N1CCC2(CC1)OCCO2. The Labute approximate surface area is 161 Å². The molecule has 2 aromatic rings. The van der Waals surface area contributed by atoms with Gasteiger partial charge in [-0.3, -0.25) is 0 Å². The van der Waals surface area contributed by atoms with Crippen LogP contribution in [0.2, 0.25) is 0 Å². The van der Waals surface area contributed by atoms with Crippen molar-refractivity contribution in [3.05, 3.63) is 24.3 Å². The molecule has 0 aliphatic carbocycles. The third-order valence-corrected chi connectivity index (χ3v) is 8.96. The zero-order chi connectivity index (χ0) is 18.0. The minimum absolute atomic E-state index is 0.180. The first-order valence-corrected chi connectivity index (χ1v) is 12.2. The number of ether oxygens (including phenoxy) is 2. The van der Waals surface area contributed by atoms with Crippen LogP contribution < -0.4 is 0 Å². The van der Waals surface area contributed by atoms with Crippen molar-refractivity contribution in [2.45, 2.75) is 29.4 Å². The lowest BCUT2D eigenvalue weighted by molar-refractivity contribution is -0.179. The van der Waals surface area contributed by atoms with Crippen molar-refractivity contribution in [3.63, 3.8) is 0 Å².